The molecular weight excluding hydrogens is 294 g/mol. The van der Waals surface area contributed by atoms with E-state index in [9.17, 15) is 9.59 Å². The molecule has 1 fully saturated rings. The molecule has 1 aromatic rings. The Morgan fingerprint density at radius 2 is 2.05 bits per heavy atom. The van der Waals surface area contributed by atoms with Crippen LogP contribution in [0.15, 0.2) is 18.2 Å². The predicted molar refractivity (Wildman–Crippen MR) is 78.6 cm³/mol. The Hall–Kier alpha value is -1.95. The molecule has 0 aliphatic carbocycles. The molecule has 0 aromatic heterocycles. The topological polar surface area (TPSA) is 72.9 Å². The Morgan fingerprint density at radius 1 is 1.33 bits per heavy atom. The van der Waals surface area contributed by atoms with Crippen LogP contribution >= 0.6 is 11.6 Å². The minimum Gasteiger partial charge on any atom is -0.465 e. The Bertz CT molecular complexity index is 585. The van der Waals surface area contributed by atoms with Crippen LogP contribution in [0.1, 0.15) is 18.4 Å². The van der Waals surface area contributed by atoms with Crippen molar-refractivity contribution in [1.29, 1.82) is 0 Å². The van der Waals surface area contributed by atoms with Crippen LogP contribution in [0.2, 0.25) is 5.02 Å². The molecule has 1 saturated heterocycles. The first kappa shape index (κ1) is 14.0. The molecule has 6 nitrogen and oxygen atoms in total. The third kappa shape index (κ3) is 2.63. The quantitative estimate of drug-likeness (QED) is 0.838. The zero-order valence-corrected chi connectivity index (χ0v) is 12.1. The summed E-state index contributed by atoms with van der Waals surface area (Å²) in [7, 11) is 0. The zero-order chi connectivity index (χ0) is 15.0. The van der Waals surface area contributed by atoms with Crippen LogP contribution < -0.4 is 5.32 Å². The van der Waals surface area contributed by atoms with Crippen LogP contribution in [0.3, 0.4) is 0 Å². The highest BCUT2D eigenvalue weighted by Gasteiger charge is 2.33. The number of anilines is 1. The number of hydrogen-bond acceptors (Lipinski definition) is 2. The van der Waals surface area contributed by atoms with Crippen molar-refractivity contribution in [2.45, 2.75) is 25.4 Å². The van der Waals surface area contributed by atoms with Gasteiger partial charge in [-0.1, -0.05) is 23.7 Å². The van der Waals surface area contributed by atoms with Gasteiger partial charge in [-0.25, -0.2) is 9.59 Å². The molecule has 7 heteroatoms. The number of para-hydroxylation sites is 1. The van der Waals surface area contributed by atoms with Crippen LogP contribution in [-0.4, -0.2) is 46.2 Å². The summed E-state index contributed by atoms with van der Waals surface area (Å²) in [4.78, 5) is 26.3. The van der Waals surface area contributed by atoms with Crippen molar-refractivity contribution in [2.24, 2.45) is 0 Å². The number of hydrogen-bond donors (Lipinski definition) is 2. The maximum Gasteiger partial charge on any atom is 0.407 e. The van der Waals surface area contributed by atoms with Crippen LogP contribution in [0.4, 0.5) is 15.3 Å². The van der Waals surface area contributed by atoms with E-state index in [1.807, 2.05) is 12.1 Å². The number of likely N-dealkylation sites (tertiary alicyclic amines) is 1. The minimum atomic E-state index is -0.895. The first-order valence-electron chi connectivity index (χ1n) is 6.89. The average Bonchev–Trinajstić information content (AvgIpc) is 2.48. The lowest BCUT2D eigenvalue weighted by Gasteiger charge is -2.40. The fourth-order valence-corrected chi connectivity index (χ4v) is 3.18. The van der Waals surface area contributed by atoms with Crippen molar-refractivity contribution < 1.29 is 14.7 Å². The van der Waals surface area contributed by atoms with E-state index in [0.717, 1.165) is 5.56 Å². The number of amides is 3. The molecule has 2 N–H and O–H groups in total. The molecule has 0 atom stereocenters. The summed E-state index contributed by atoms with van der Waals surface area (Å²) in [6.07, 6.45) is 0.430. The number of nitrogens with zero attached hydrogens (tertiary/aromatic N) is 2. The molecule has 3 rings (SSSR count). The molecule has 0 bridgehead atoms. The van der Waals surface area contributed by atoms with E-state index in [1.165, 1.54) is 4.90 Å². The lowest BCUT2D eigenvalue weighted by atomic mass is 10.0. The summed E-state index contributed by atoms with van der Waals surface area (Å²) in [6, 6.07) is 5.46. The van der Waals surface area contributed by atoms with Gasteiger partial charge in [0.15, 0.2) is 0 Å². The number of rotatable bonds is 1. The number of nitrogens with one attached hydrogen (secondary N) is 1. The summed E-state index contributed by atoms with van der Waals surface area (Å²) in [5.74, 6) is 0. The molecule has 112 valence electrons. The van der Waals surface area contributed by atoms with E-state index in [1.54, 1.807) is 11.0 Å². The SMILES string of the molecule is O=C(O)N1CCC(N2Cc3cccc(Cl)c3NC2=O)CC1. The lowest BCUT2D eigenvalue weighted by molar-refractivity contribution is 0.104. The Labute approximate surface area is 127 Å². The van der Waals surface area contributed by atoms with Crippen molar-refractivity contribution in [2.75, 3.05) is 18.4 Å². The first-order valence-corrected chi connectivity index (χ1v) is 7.27. The largest absolute Gasteiger partial charge is 0.465 e. The summed E-state index contributed by atoms with van der Waals surface area (Å²) in [5.41, 5.74) is 1.67. The van der Waals surface area contributed by atoms with E-state index in [0.29, 0.717) is 43.2 Å². The molecule has 0 radical (unpaired) electrons. The maximum atomic E-state index is 12.3. The Kier molecular flexibility index (Phi) is 3.63. The van der Waals surface area contributed by atoms with E-state index in [4.69, 9.17) is 16.7 Å². The molecule has 3 amide bonds. The maximum absolute atomic E-state index is 12.3. The lowest BCUT2D eigenvalue weighted by Crippen LogP contribution is -2.50. The van der Waals surface area contributed by atoms with E-state index >= 15 is 0 Å². The summed E-state index contributed by atoms with van der Waals surface area (Å²) < 4.78 is 0. The van der Waals surface area contributed by atoms with Gasteiger partial charge in [0, 0.05) is 25.7 Å². The van der Waals surface area contributed by atoms with E-state index in [-0.39, 0.29) is 12.1 Å². The molecule has 2 aliphatic rings. The van der Waals surface area contributed by atoms with Gasteiger partial charge in [-0.2, -0.15) is 0 Å². The number of urea groups is 1. The van der Waals surface area contributed by atoms with Gasteiger partial charge in [0.1, 0.15) is 0 Å². The van der Waals surface area contributed by atoms with Gasteiger partial charge in [-0.3, -0.25) is 0 Å². The molecule has 1 aromatic carbocycles. The molecule has 2 heterocycles. The molecule has 0 unspecified atom stereocenters. The Morgan fingerprint density at radius 3 is 2.71 bits per heavy atom. The highest BCUT2D eigenvalue weighted by atomic mass is 35.5. The molecular formula is C14H16ClN3O3. The third-order valence-electron chi connectivity index (χ3n) is 4.11. The number of carboxylic acid groups (broad SMARTS) is 1. The standard InChI is InChI=1S/C14H16ClN3O3/c15-11-3-1-2-9-8-18(13(19)16-12(9)11)10-4-6-17(7-5-10)14(20)21/h1-3,10H,4-8H2,(H,16,19)(H,20,21). The van der Waals surface area contributed by atoms with Crippen molar-refractivity contribution in [3.63, 3.8) is 0 Å². The van der Waals surface area contributed by atoms with Crippen LogP contribution in [0, 0.1) is 0 Å². The van der Waals surface area contributed by atoms with Gasteiger partial charge in [0.25, 0.3) is 0 Å². The monoisotopic (exact) mass is 309 g/mol. The average molecular weight is 310 g/mol. The fourth-order valence-electron chi connectivity index (χ4n) is 2.94. The van der Waals surface area contributed by atoms with Gasteiger partial charge in [-0.05, 0) is 24.5 Å². The smallest absolute Gasteiger partial charge is 0.407 e. The fraction of sp³-hybridized carbons (Fsp3) is 0.429. The van der Waals surface area contributed by atoms with Gasteiger partial charge in [-0.15, -0.1) is 0 Å². The van der Waals surface area contributed by atoms with Crippen LogP contribution in [-0.2, 0) is 6.54 Å². The number of piperidine rings is 1. The second-order valence-electron chi connectivity index (χ2n) is 5.33. The van der Waals surface area contributed by atoms with Crippen molar-refractivity contribution >= 4 is 29.4 Å². The minimum absolute atomic E-state index is 0.0627. The number of fused-ring (bicyclic) bond motifs is 1. The van der Waals surface area contributed by atoms with Crippen LogP contribution in [0.25, 0.3) is 0 Å². The zero-order valence-electron chi connectivity index (χ0n) is 11.4. The van der Waals surface area contributed by atoms with Gasteiger partial charge < -0.3 is 20.2 Å². The normalized spacial score (nSPS) is 19.2. The number of carbonyl (C=O) groups is 2. The molecule has 0 saturated carbocycles. The summed E-state index contributed by atoms with van der Waals surface area (Å²) in [6.45, 7) is 1.44. The van der Waals surface area contributed by atoms with Gasteiger partial charge in [0.2, 0.25) is 0 Å². The summed E-state index contributed by atoms with van der Waals surface area (Å²) in [5, 5.41) is 12.3. The van der Waals surface area contributed by atoms with Crippen molar-refractivity contribution in [3.8, 4) is 0 Å². The van der Waals surface area contributed by atoms with Crippen LogP contribution in [0.5, 0.6) is 0 Å². The van der Waals surface area contributed by atoms with E-state index < -0.39 is 6.09 Å². The molecule has 2 aliphatic heterocycles. The highest BCUT2D eigenvalue weighted by molar-refractivity contribution is 6.34. The molecule has 21 heavy (non-hydrogen) atoms. The second-order valence-corrected chi connectivity index (χ2v) is 5.74. The number of halogens is 1. The number of carbonyl (C=O) groups excluding carboxylic acids is 1. The third-order valence-corrected chi connectivity index (χ3v) is 4.42. The predicted octanol–water partition coefficient (Wildman–Crippen LogP) is 2.83. The number of benzene rings is 1. The van der Waals surface area contributed by atoms with Gasteiger partial charge in [0.05, 0.1) is 10.7 Å². The van der Waals surface area contributed by atoms with E-state index in [2.05, 4.69) is 5.32 Å². The highest BCUT2D eigenvalue weighted by Crippen LogP contribution is 2.32. The van der Waals surface area contributed by atoms with Gasteiger partial charge >= 0.3 is 12.1 Å². The second kappa shape index (κ2) is 5.44. The Balaban J connectivity index is 1.73. The van der Waals surface area contributed by atoms with Crippen molar-refractivity contribution in [3.05, 3.63) is 28.8 Å². The summed E-state index contributed by atoms with van der Waals surface area (Å²) >= 11 is 6.09. The first-order chi connectivity index (χ1) is 10.1. The molecule has 0 spiro atoms. The van der Waals surface area contributed by atoms with Crippen molar-refractivity contribution in [1.82, 2.24) is 9.80 Å².